The van der Waals surface area contributed by atoms with E-state index in [0.29, 0.717) is 41.1 Å². The molecule has 30 heavy (non-hydrogen) atoms. The highest BCUT2D eigenvalue weighted by atomic mass is 16.7. The molecule has 1 saturated carbocycles. The zero-order valence-electron chi connectivity index (χ0n) is 17.2. The molecule has 0 radical (unpaired) electrons. The predicted octanol–water partition coefficient (Wildman–Crippen LogP) is 2.95. The van der Waals surface area contributed by atoms with Crippen LogP contribution >= 0.6 is 0 Å². The molecule has 1 saturated heterocycles. The second-order valence-electron chi connectivity index (χ2n) is 8.53. The Labute approximate surface area is 175 Å². The van der Waals surface area contributed by atoms with Crippen LogP contribution < -0.4 is 19.1 Å². The van der Waals surface area contributed by atoms with Gasteiger partial charge >= 0.3 is 0 Å². The van der Waals surface area contributed by atoms with E-state index in [-0.39, 0.29) is 12.9 Å². The van der Waals surface area contributed by atoms with Crippen LogP contribution in [0.2, 0.25) is 0 Å². The lowest BCUT2D eigenvalue weighted by Crippen LogP contribution is -2.42. The molecule has 3 heterocycles. The topological polar surface area (TPSA) is 87.8 Å². The number of aromatic nitrogens is 1. The normalized spacial score (nSPS) is 26.9. The Hall–Kier alpha value is -2.98. The van der Waals surface area contributed by atoms with Crippen LogP contribution in [0.3, 0.4) is 0 Å². The summed E-state index contributed by atoms with van der Waals surface area (Å²) in [5.41, 5.74) is 2.52. The number of pyridine rings is 1. The van der Waals surface area contributed by atoms with Crippen LogP contribution in [-0.2, 0) is 0 Å². The third-order valence-electron chi connectivity index (χ3n) is 6.45. The number of anilines is 1. The van der Waals surface area contributed by atoms with Gasteiger partial charge in [-0.3, -0.25) is 0 Å². The maximum absolute atomic E-state index is 10.7. The Balaban J connectivity index is 1.32. The molecule has 0 spiro atoms. The lowest BCUT2D eigenvalue weighted by atomic mass is 9.78. The van der Waals surface area contributed by atoms with Crippen LogP contribution in [-0.4, -0.2) is 42.2 Å². The molecule has 7 nitrogen and oxygen atoms in total. The third-order valence-corrected chi connectivity index (χ3v) is 6.45. The molecule has 1 aliphatic carbocycles. The molecule has 2 aliphatic heterocycles. The summed E-state index contributed by atoms with van der Waals surface area (Å²) in [7, 11) is 0. The summed E-state index contributed by atoms with van der Waals surface area (Å²) in [6.07, 6.45) is 0.653. The van der Waals surface area contributed by atoms with Crippen molar-refractivity contribution in [3.8, 4) is 23.3 Å². The van der Waals surface area contributed by atoms with Gasteiger partial charge in [0, 0.05) is 24.8 Å². The number of benzene rings is 1. The Bertz CT molecular complexity index is 1020. The highest BCUT2D eigenvalue weighted by Gasteiger charge is 2.43. The minimum atomic E-state index is -0.528. The molecule has 5 rings (SSSR count). The van der Waals surface area contributed by atoms with Gasteiger partial charge in [-0.1, -0.05) is 0 Å². The predicted molar refractivity (Wildman–Crippen MR) is 110 cm³/mol. The van der Waals surface area contributed by atoms with Gasteiger partial charge in [0.25, 0.3) is 0 Å². The van der Waals surface area contributed by atoms with Gasteiger partial charge in [0.15, 0.2) is 11.5 Å². The van der Waals surface area contributed by atoms with Gasteiger partial charge in [0.2, 0.25) is 6.79 Å². The number of aliphatic hydroxyl groups is 1. The minimum absolute atomic E-state index is 0.224. The monoisotopic (exact) mass is 407 g/mol. The number of hydrogen-bond donors (Lipinski definition) is 1. The number of ether oxygens (including phenoxy) is 3. The standard InChI is InChI=1S/C23H25N3O4/c1-13-5-14(2)25-23(18(13)9-24)26-10-15-6-19(27)21(7-16(15)11-26)30-17-3-4-20-22(8-17)29-12-28-20/h3-5,8,15-16,19,21,27H,6-7,10-12H2,1-2H3/t15-,16+,19+,21+/m0/s1. The van der Waals surface area contributed by atoms with Crippen LogP contribution in [0.1, 0.15) is 29.7 Å². The van der Waals surface area contributed by atoms with E-state index in [9.17, 15) is 10.4 Å². The van der Waals surface area contributed by atoms with E-state index < -0.39 is 6.10 Å². The fourth-order valence-electron chi connectivity index (χ4n) is 5.00. The second kappa shape index (κ2) is 7.37. The number of aliphatic hydroxyl groups excluding tert-OH is 1. The van der Waals surface area contributed by atoms with Gasteiger partial charge in [-0.25, -0.2) is 4.98 Å². The van der Waals surface area contributed by atoms with Crippen molar-refractivity contribution < 1.29 is 19.3 Å². The third kappa shape index (κ3) is 3.31. The number of rotatable bonds is 3. The highest BCUT2D eigenvalue weighted by molar-refractivity contribution is 5.59. The number of hydrogen-bond acceptors (Lipinski definition) is 7. The molecule has 2 fully saturated rings. The van der Waals surface area contributed by atoms with E-state index in [2.05, 4.69) is 16.0 Å². The van der Waals surface area contributed by atoms with E-state index in [1.165, 1.54) is 0 Å². The lowest BCUT2D eigenvalue weighted by molar-refractivity contribution is -0.0232. The van der Waals surface area contributed by atoms with Crippen molar-refractivity contribution >= 4 is 5.82 Å². The summed E-state index contributed by atoms with van der Waals surface area (Å²) in [5, 5.41) is 20.4. The fourth-order valence-corrected chi connectivity index (χ4v) is 5.00. The van der Waals surface area contributed by atoms with Gasteiger partial charge in [0.05, 0.1) is 11.7 Å². The zero-order valence-corrected chi connectivity index (χ0v) is 17.2. The molecular weight excluding hydrogens is 382 g/mol. The minimum Gasteiger partial charge on any atom is -0.488 e. The first-order chi connectivity index (χ1) is 14.5. The summed E-state index contributed by atoms with van der Waals surface area (Å²) >= 11 is 0. The Morgan fingerprint density at radius 2 is 1.90 bits per heavy atom. The van der Waals surface area contributed by atoms with Gasteiger partial charge in [0.1, 0.15) is 23.7 Å². The van der Waals surface area contributed by atoms with Crippen molar-refractivity contribution in [1.29, 1.82) is 5.26 Å². The lowest BCUT2D eigenvalue weighted by Gasteiger charge is -2.35. The molecule has 7 heteroatoms. The maximum Gasteiger partial charge on any atom is 0.231 e. The van der Waals surface area contributed by atoms with E-state index in [4.69, 9.17) is 14.2 Å². The first kappa shape index (κ1) is 19.0. The Morgan fingerprint density at radius 3 is 2.70 bits per heavy atom. The average molecular weight is 407 g/mol. The zero-order chi connectivity index (χ0) is 20.8. The van der Waals surface area contributed by atoms with Crippen molar-refractivity contribution in [3.05, 3.63) is 41.1 Å². The molecule has 2 aromatic rings. The number of aryl methyl sites for hydroxylation is 2. The largest absolute Gasteiger partial charge is 0.488 e. The van der Waals surface area contributed by atoms with Crippen LogP contribution in [0.4, 0.5) is 5.82 Å². The SMILES string of the molecule is Cc1cc(C)c(C#N)c(N2C[C@H]3C[C@@H](Oc4ccc5c(c4)OCO5)[C@H](O)C[C@H]3C2)n1. The van der Waals surface area contributed by atoms with Crippen molar-refractivity contribution in [2.75, 3.05) is 24.8 Å². The maximum atomic E-state index is 10.7. The Kier molecular flexibility index (Phi) is 4.67. The van der Waals surface area contributed by atoms with Crippen molar-refractivity contribution in [1.82, 2.24) is 4.98 Å². The molecule has 0 unspecified atom stereocenters. The molecule has 0 bridgehead atoms. The van der Waals surface area contributed by atoms with E-state index in [0.717, 1.165) is 36.6 Å². The fraction of sp³-hybridized carbons (Fsp3) is 0.478. The number of fused-ring (bicyclic) bond motifs is 2. The number of nitriles is 1. The molecule has 156 valence electrons. The van der Waals surface area contributed by atoms with Gasteiger partial charge in [-0.05, 0) is 62.3 Å². The van der Waals surface area contributed by atoms with Crippen LogP contribution in [0, 0.1) is 37.0 Å². The summed E-state index contributed by atoms with van der Waals surface area (Å²) < 4.78 is 16.9. The van der Waals surface area contributed by atoms with Crippen molar-refractivity contribution in [2.24, 2.45) is 11.8 Å². The van der Waals surface area contributed by atoms with E-state index in [1.807, 2.05) is 38.1 Å². The van der Waals surface area contributed by atoms with Crippen LogP contribution in [0.15, 0.2) is 24.3 Å². The van der Waals surface area contributed by atoms with Crippen LogP contribution in [0.25, 0.3) is 0 Å². The smallest absolute Gasteiger partial charge is 0.231 e. The molecule has 0 amide bonds. The number of nitrogens with zero attached hydrogens (tertiary/aromatic N) is 3. The van der Waals surface area contributed by atoms with E-state index >= 15 is 0 Å². The summed E-state index contributed by atoms with van der Waals surface area (Å²) in [6, 6.07) is 9.78. The molecule has 1 N–H and O–H groups in total. The summed E-state index contributed by atoms with van der Waals surface area (Å²) in [6.45, 7) is 5.77. The Morgan fingerprint density at radius 1 is 1.13 bits per heavy atom. The average Bonchev–Trinajstić information content (AvgIpc) is 3.33. The molecule has 4 atom stereocenters. The van der Waals surface area contributed by atoms with Crippen LogP contribution in [0.5, 0.6) is 17.2 Å². The van der Waals surface area contributed by atoms with Gasteiger partial charge in [-0.15, -0.1) is 0 Å². The quantitative estimate of drug-likeness (QED) is 0.837. The summed E-state index contributed by atoms with van der Waals surface area (Å²) in [5.74, 6) is 3.60. The summed E-state index contributed by atoms with van der Waals surface area (Å²) in [4.78, 5) is 6.88. The first-order valence-electron chi connectivity index (χ1n) is 10.4. The highest BCUT2D eigenvalue weighted by Crippen LogP contribution is 2.41. The van der Waals surface area contributed by atoms with E-state index in [1.54, 1.807) is 0 Å². The van der Waals surface area contributed by atoms with Crippen molar-refractivity contribution in [3.63, 3.8) is 0 Å². The van der Waals surface area contributed by atoms with Gasteiger partial charge < -0.3 is 24.2 Å². The molecule has 1 aromatic heterocycles. The first-order valence-corrected chi connectivity index (χ1v) is 10.4. The second-order valence-corrected chi connectivity index (χ2v) is 8.53. The molecule has 3 aliphatic rings. The van der Waals surface area contributed by atoms with Gasteiger partial charge in [-0.2, -0.15) is 5.26 Å². The molecule has 1 aromatic carbocycles. The van der Waals surface area contributed by atoms with Crippen molar-refractivity contribution in [2.45, 2.75) is 38.9 Å². The molecular formula is C23H25N3O4.